The van der Waals surface area contributed by atoms with E-state index in [0.29, 0.717) is 11.4 Å². The van der Waals surface area contributed by atoms with E-state index in [4.69, 9.17) is 9.15 Å². The van der Waals surface area contributed by atoms with Crippen LogP contribution in [0.2, 0.25) is 0 Å². The van der Waals surface area contributed by atoms with Gasteiger partial charge < -0.3 is 14.5 Å². The van der Waals surface area contributed by atoms with Gasteiger partial charge in [0.15, 0.2) is 6.61 Å². The molecule has 1 amide bonds. The summed E-state index contributed by atoms with van der Waals surface area (Å²) in [4.78, 5) is 24.2. The van der Waals surface area contributed by atoms with Crippen LogP contribution in [0.3, 0.4) is 0 Å². The second kappa shape index (κ2) is 9.59. The molecule has 0 saturated heterocycles. The minimum Gasteiger partial charge on any atom is -0.468 e. The first-order valence-corrected chi connectivity index (χ1v) is 10.9. The number of carbonyl (C=O) groups excluding carboxylic acids is 2. The summed E-state index contributed by atoms with van der Waals surface area (Å²) >= 11 is 0. The van der Waals surface area contributed by atoms with E-state index in [-0.39, 0.29) is 17.0 Å². The molecule has 0 unspecified atom stereocenters. The minimum atomic E-state index is -3.77. The van der Waals surface area contributed by atoms with Gasteiger partial charge in [-0.05, 0) is 73.5 Å². The molecule has 0 bridgehead atoms. The summed E-state index contributed by atoms with van der Waals surface area (Å²) < 4.78 is 37.2. The van der Waals surface area contributed by atoms with Crippen molar-refractivity contribution >= 4 is 27.6 Å². The van der Waals surface area contributed by atoms with Gasteiger partial charge in [0.2, 0.25) is 10.0 Å². The number of amides is 1. The zero-order valence-electron chi connectivity index (χ0n) is 17.0. The third kappa shape index (κ3) is 6.27. The summed E-state index contributed by atoms with van der Waals surface area (Å²) in [5.74, 6) is -0.731. The maximum absolute atomic E-state index is 12.3. The van der Waals surface area contributed by atoms with E-state index in [9.17, 15) is 18.0 Å². The number of nitrogens with one attached hydrogen (secondary N) is 2. The summed E-state index contributed by atoms with van der Waals surface area (Å²) in [6.45, 7) is 3.38. The largest absolute Gasteiger partial charge is 0.468 e. The van der Waals surface area contributed by atoms with E-state index in [1.165, 1.54) is 30.5 Å². The number of sulfonamides is 1. The third-order valence-electron chi connectivity index (χ3n) is 4.26. The Morgan fingerprint density at radius 2 is 1.68 bits per heavy atom. The smallest absolute Gasteiger partial charge is 0.338 e. The zero-order chi connectivity index (χ0) is 22.4. The highest BCUT2D eigenvalue weighted by Crippen LogP contribution is 2.14. The lowest BCUT2D eigenvalue weighted by Gasteiger charge is -2.09. The predicted octanol–water partition coefficient (Wildman–Crippen LogP) is 3.17. The van der Waals surface area contributed by atoms with Gasteiger partial charge in [0.1, 0.15) is 5.76 Å². The van der Waals surface area contributed by atoms with Crippen LogP contribution in [0, 0.1) is 13.8 Å². The maximum Gasteiger partial charge on any atom is 0.338 e. The first-order valence-electron chi connectivity index (χ1n) is 9.40. The molecule has 2 N–H and O–H groups in total. The number of benzene rings is 2. The lowest BCUT2D eigenvalue weighted by Crippen LogP contribution is -2.23. The van der Waals surface area contributed by atoms with Gasteiger partial charge in [-0.25, -0.2) is 17.9 Å². The summed E-state index contributed by atoms with van der Waals surface area (Å²) in [5.41, 5.74) is 2.75. The van der Waals surface area contributed by atoms with Gasteiger partial charge in [0.05, 0.1) is 23.3 Å². The Morgan fingerprint density at radius 3 is 2.29 bits per heavy atom. The van der Waals surface area contributed by atoms with Gasteiger partial charge in [-0.3, -0.25) is 4.79 Å². The van der Waals surface area contributed by atoms with Crippen LogP contribution in [0.4, 0.5) is 5.69 Å². The molecule has 0 aliphatic rings. The molecule has 162 valence electrons. The van der Waals surface area contributed by atoms with Crippen LogP contribution < -0.4 is 10.0 Å². The van der Waals surface area contributed by atoms with Gasteiger partial charge in [-0.1, -0.05) is 6.07 Å². The van der Waals surface area contributed by atoms with E-state index in [1.54, 1.807) is 12.1 Å². The van der Waals surface area contributed by atoms with Crippen LogP contribution in [0.15, 0.2) is 70.2 Å². The quantitative estimate of drug-likeness (QED) is 0.518. The molecule has 0 aliphatic heterocycles. The molecule has 0 spiro atoms. The molecule has 9 heteroatoms. The number of anilines is 1. The van der Waals surface area contributed by atoms with Crippen molar-refractivity contribution < 1.29 is 27.2 Å². The molecule has 2 aromatic carbocycles. The first kappa shape index (κ1) is 22.3. The molecular formula is C22H22N2O6S. The number of hydrogen-bond donors (Lipinski definition) is 2. The lowest BCUT2D eigenvalue weighted by molar-refractivity contribution is -0.119. The van der Waals surface area contributed by atoms with Crippen LogP contribution >= 0.6 is 0 Å². The fourth-order valence-corrected chi connectivity index (χ4v) is 3.88. The van der Waals surface area contributed by atoms with Crippen molar-refractivity contribution in [1.82, 2.24) is 4.72 Å². The molecule has 1 aromatic heterocycles. The normalized spacial score (nSPS) is 11.2. The fourth-order valence-electron chi connectivity index (χ4n) is 2.89. The summed E-state index contributed by atoms with van der Waals surface area (Å²) in [6, 6.07) is 14.1. The number of hydrogen-bond acceptors (Lipinski definition) is 6. The molecule has 1 heterocycles. The first-order chi connectivity index (χ1) is 14.7. The average Bonchev–Trinajstić information content (AvgIpc) is 3.24. The number of ether oxygens (including phenoxy) is 1. The Kier molecular flexibility index (Phi) is 6.88. The molecule has 3 aromatic rings. The molecule has 0 fully saturated rings. The Hall–Kier alpha value is -3.43. The van der Waals surface area contributed by atoms with E-state index in [2.05, 4.69) is 10.0 Å². The highest BCUT2D eigenvalue weighted by molar-refractivity contribution is 7.89. The van der Waals surface area contributed by atoms with E-state index in [1.807, 2.05) is 32.0 Å². The molecular weight excluding hydrogens is 420 g/mol. The SMILES string of the molecule is Cc1cc(C)cc(NC(=O)COC(=O)c2ccc(S(=O)(=O)NCc3ccco3)cc2)c1. The monoisotopic (exact) mass is 442 g/mol. The van der Waals surface area contributed by atoms with E-state index < -0.39 is 28.5 Å². The molecule has 8 nitrogen and oxygen atoms in total. The molecule has 0 saturated carbocycles. The fraction of sp³-hybridized carbons (Fsp3) is 0.182. The molecule has 3 rings (SSSR count). The second-order valence-corrected chi connectivity index (χ2v) is 8.70. The molecule has 31 heavy (non-hydrogen) atoms. The van der Waals surface area contributed by atoms with Crippen LogP contribution in [0.1, 0.15) is 27.2 Å². The van der Waals surface area contributed by atoms with Crippen molar-refractivity contribution in [2.75, 3.05) is 11.9 Å². The van der Waals surface area contributed by atoms with Gasteiger partial charge >= 0.3 is 5.97 Å². The highest BCUT2D eigenvalue weighted by Gasteiger charge is 2.16. The number of rotatable bonds is 8. The van der Waals surface area contributed by atoms with Crippen LogP contribution in [0.5, 0.6) is 0 Å². The highest BCUT2D eigenvalue weighted by atomic mass is 32.2. The van der Waals surface area contributed by atoms with Crippen molar-refractivity contribution in [3.63, 3.8) is 0 Å². The summed E-state index contributed by atoms with van der Waals surface area (Å²) in [5, 5.41) is 2.67. The van der Waals surface area contributed by atoms with Crippen LogP contribution in [-0.2, 0) is 26.1 Å². The molecule has 0 radical (unpaired) electrons. The number of carbonyl (C=O) groups is 2. The molecule has 0 atom stereocenters. The van der Waals surface area contributed by atoms with Crippen molar-refractivity contribution in [3.8, 4) is 0 Å². The van der Waals surface area contributed by atoms with Gasteiger partial charge in [-0.15, -0.1) is 0 Å². The Balaban J connectivity index is 1.54. The van der Waals surface area contributed by atoms with E-state index in [0.717, 1.165) is 11.1 Å². The summed E-state index contributed by atoms with van der Waals surface area (Å²) in [6.07, 6.45) is 1.45. The minimum absolute atomic E-state index is 0.00863. The second-order valence-electron chi connectivity index (χ2n) is 6.93. The van der Waals surface area contributed by atoms with Gasteiger partial charge in [-0.2, -0.15) is 0 Å². The van der Waals surface area contributed by atoms with Gasteiger partial charge in [0, 0.05) is 5.69 Å². The Bertz CT molecular complexity index is 1150. The Labute approximate surface area is 180 Å². The standard InChI is InChI=1S/C22H22N2O6S/c1-15-10-16(2)12-18(11-15)24-21(25)14-30-22(26)17-5-7-20(8-6-17)31(27,28)23-13-19-4-3-9-29-19/h3-12,23H,13-14H2,1-2H3,(H,24,25). The van der Waals surface area contributed by atoms with Crippen molar-refractivity contribution in [1.29, 1.82) is 0 Å². The predicted molar refractivity (Wildman–Crippen MR) is 114 cm³/mol. The lowest BCUT2D eigenvalue weighted by atomic mass is 10.1. The molecule has 0 aliphatic carbocycles. The number of furan rings is 1. The average molecular weight is 442 g/mol. The van der Waals surface area contributed by atoms with E-state index >= 15 is 0 Å². The van der Waals surface area contributed by atoms with Crippen molar-refractivity contribution in [2.24, 2.45) is 0 Å². The summed E-state index contributed by atoms with van der Waals surface area (Å²) in [7, 11) is -3.77. The van der Waals surface area contributed by atoms with Crippen LogP contribution in [-0.4, -0.2) is 26.9 Å². The van der Waals surface area contributed by atoms with Crippen molar-refractivity contribution in [2.45, 2.75) is 25.3 Å². The third-order valence-corrected chi connectivity index (χ3v) is 5.67. The topological polar surface area (TPSA) is 115 Å². The maximum atomic E-state index is 12.3. The number of esters is 1. The van der Waals surface area contributed by atoms with Crippen molar-refractivity contribution in [3.05, 3.63) is 83.3 Å². The number of aryl methyl sites for hydroxylation is 2. The zero-order valence-corrected chi connectivity index (χ0v) is 17.9. The van der Waals surface area contributed by atoms with Crippen LogP contribution in [0.25, 0.3) is 0 Å². The van der Waals surface area contributed by atoms with Gasteiger partial charge in [0.25, 0.3) is 5.91 Å². The Morgan fingerprint density at radius 1 is 1.00 bits per heavy atom.